The molecule has 11 heteroatoms. The maximum absolute atomic E-state index is 13.3. The summed E-state index contributed by atoms with van der Waals surface area (Å²) in [6.07, 6.45) is 1.57. The van der Waals surface area contributed by atoms with E-state index >= 15 is 0 Å². The van der Waals surface area contributed by atoms with Crippen molar-refractivity contribution in [2.75, 3.05) is 28.2 Å². The molecule has 1 N–H and O–H groups in total. The lowest BCUT2D eigenvalue weighted by molar-refractivity contribution is -0.384. The molecule has 1 aliphatic heterocycles. The molecular formula is C27H23FN4O4S2. The average Bonchev–Trinajstić information content (AvgIpc) is 3.18. The normalized spacial score (nSPS) is 14.2. The van der Waals surface area contributed by atoms with Gasteiger partial charge in [0, 0.05) is 30.4 Å². The van der Waals surface area contributed by atoms with Crippen molar-refractivity contribution in [3.8, 4) is 0 Å². The summed E-state index contributed by atoms with van der Waals surface area (Å²) in [5.74, 6) is -1.24. The summed E-state index contributed by atoms with van der Waals surface area (Å²) in [5, 5.41) is 14.4. The van der Waals surface area contributed by atoms with Gasteiger partial charge >= 0.3 is 0 Å². The van der Waals surface area contributed by atoms with Crippen LogP contribution in [0.25, 0.3) is 6.08 Å². The van der Waals surface area contributed by atoms with Gasteiger partial charge in [0.05, 0.1) is 15.5 Å². The summed E-state index contributed by atoms with van der Waals surface area (Å²) in [5.41, 5.74) is 2.09. The zero-order valence-electron chi connectivity index (χ0n) is 20.5. The van der Waals surface area contributed by atoms with Gasteiger partial charge in [0.15, 0.2) is 4.32 Å². The van der Waals surface area contributed by atoms with Gasteiger partial charge in [-0.25, -0.2) is 4.39 Å². The molecule has 0 aromatic heterocycles. The fourth-order valence-electron chi connectivity index (χ4n) is 3.97. The SMILES string of the molecule is CCN(CC)c1ccc(/C=C2/SC(=S)N(c3cccc(C(=O)Nc4ccc(F)cc4)c3)C2=O)cc1[N+](=O)[O-]. The number of nitro benzene ring substituents is 1. The van der Waals surface area contributed by atoms with E-state index in [1.807, 2.05) is 18.7 Å². The summed E-state index contributed by atoms with van der Waals surface area (Å²) in [6.45, 7) is 5.09. The van der Waals surface area contributed by atoms with Crippen molar-refractivity contribution in [3.63, 3.8) is 0 Å². The lowest BCUT2D eigenvalue weighted by Gasteiger charge is -2.20. The molecule has 0 spiro atoms. The van der Waals surface area contributed by atoms with Crippen LogP contribution in [-0.2, 0) is 4.79 Å². The summed E-state index contributed by atoms with van der Waals surface area (Å²) >= 11 is 6.52. The molecule has 3 aromatic carbocycles. The van der Waals surface area contributed by atoms with Gasteiger partial charge < -0.3 is 10.2 Å². The molecular weight excluding hydrogens is 527 g/mol. The number of thiocarbonyl (C=S) groups is 1. The lowest BCUT2D eigenvalue weighted by atomic mass is 10.1. The van der Waals surface area contributed by atoms with Gasteiger partial charge in [0.25, 0.3) is 17.5 Å². The second kappa shape index (κ2) is 11.5. The van der Waals surface area contributed by atoms with Crippen LogP contribution in [0.3, 0.4) is 0 Å². The Morgan fingerprint density at radius 1 is 1.13 bits per heavy atom. The third kappa shape index (κ3) is 5.74. The van der Waals surface area contributed by atoms with Gasteiger partial charge in [-0.15, -0.1) is 0 Å². The number of carbonyl (C=O) groups is 2. The molecule has 4 rings (SSSR count). The molecule has 2 amide bonds. The Morgan fingerprint density at radius 3 is 2.50 bits per heavy atom. The van der Waals surface area contributed by atoms with E-state index in [0.29, 0.717) is 40.6 Å². The predicted octanol–water partition coefficient (Wildman–Crippen LogP) is 6.24. The molecule has 1 aliphatic rings. The summed E-state index contributed by atoms with van der Waals surface area (Å²) in [4.78, 5) is 40.8. The number of nitro groups is 1. The largest absolute Gasteiger partial charge is 0.367 e. The molecule has 1 fully saturated rings. The molecule has 0 radical (unpaired) electrons. The second-order valence-corrected chi connectivity index (χ2v) is 9.88. The first-order chi connectivity index (χ1) is 18.2. The number of nitrogens with zero attached hydrogens (tertiary/aromatic N) is 3. The number of halogens is 1. The third-order valence-corrected chi connectivity index (χ3v) is 7.16. The van der Waals surface area contributed by atoms with Gasteiger partial charge in [0.2, 0.25) is 0 Å². The fraction of sp³-hybridized carbons (Fsp3) is 0.148. The Balaban J connectivity index is 1.58. The number of nitrogens with one attached hydrogen (secondary N) is 1. The van der Waals surface area contributed by atoms with Crippen molar-refractivity contribution in [2.24, 2.45) is 0 Å². The number of thioether (sulfide) groups is 1. The highest BCUT2D eigenvalue weighted by atomic mass is 32.2. The highest BCUT2D eigenvalue weighted by Gasteiger charge is 2.34. The first-order valence-electron chi connectivity index (χ1n) is 11.7. The van der Waals surface area contributed by atoms with Gasteiger partial charge in [0.1, 0.15) is 11.5 Å². The molecule has 3 aromatic rings. The first-order valence-corrected chi connectivity index (χ1v) is 12.9. The van der Waals surface area contributed by atoms with E-state index < -0.39 is 22.6 Å². The number of hydrogen-bond donors (Lipinski definition) is 1. The van der Waals surface area contributed by atoms with E-state index in [-0.39, 0.29) is 15.6 Å². The summed E-state index contributed by atoms with van der Waals surface area (Å²) in [7, 11) is 0. The van der Waals surface area contributed by atoms with Crippen LogP contribution in [0, 0.1) is 15.9 Å². The molecule has 0 saturated carbocycles. The molecule has 8 nitrogen and oxygen atoms in total. The average molecular weight is 551 g/mol. The predicted molar refractivity (Wildman–Crippen MR) is 153 cm³/mol. The van der Waals surface area contributed by atoms with Crippen molar-refractivity contribution in [3.05, 3.63) is 98.7 Å². The van der Waals surface area contributed by atoms with E-state index in [4.69, 9.17) is 12.2 Å². The Kier molecular flexibility index (Phi) is 8.18. The maximum Gasteiger partial charge on any atom is 0.293 e. The second-order valence-electron chi connectivity index (χ2n) is 8.21. The molecule has 194 valence electrons. The summed E-state index contributed by atoms with van der Waals surface area (Å²) in [6, 6.07) is 16.6. The zero-order valence-corrected chi connectivity index (χ0v) is 22.1. The number of hydrogen-bond acceptors (Lipinski definition) is 7. The van der Waals surface area contributed by atoms with Crippen LogP contribution in [0.5, 0.6) is 0 Å². The van der Waals surface area contributed by atoms with E-state index in [1.165, 1.54) is 41.3 Å². The van der Waals surface area contributed by atoms with E-state index in [9.17, 15) is 24.1 Å². The van der Waals surface area contributed by atoms with E-state index in [1.54, 1.807) is 36.4 Å². The van der Waals surface area contributed by atoms with Crippen LogP contribution in [0.4, 0.5) is 27.1 Å². The number of anilines is 3. The quantitative estimate of drug-likeness (QED) is 0.154. The van der Waals surface area contributed by atoms with Crippen LogP contribution >= 0.6 is 24.0 Å². The lowest BCUT2D eigenvalue weighted by Crippen LogP contribution is -2.27. The third-order valence-electron chi connectivity index (χ3n) is 5.86. The van der Waals surface area contributed by atoms with Crippen molar-refractivity contribution in [1.82, 2.24) is 0 Å². The number of amides is 2. The molecule has 0 bridgehead atoms. The van der Waals surface area contributed by atoms with Crippen LogP contribution in [0.1, 0.15) is 29.8 Å². The highest BCUT2D eigenvalue weighted by Crippen LogP contribution is 2.37. The van der Waals surface area contributed by atoms with Crippen LogP contribution in [0.15, 0.2) is 71.6 Å². The van der Waals surface area contributed by atoms with Gasteiger partial charge in [-0.05, 0) is 74.0 Å². The molecule has 38 heavy (non-hydrogen) atoms. The standard InChI is InChI=1S/C27H23FN4O4S2/c1-3-30(4-2)22-13-8-17(14-23(22)32(35)36)15-24-26(34)31(27(37)38-24)21-7-5-6-18(16-21)25(33)29-20-11-9-19(28)10-12-20/h5-16H,3-4H2,1-2H3,(H,29,33)/b24-15+. The molecule has 0 unspecified atom stereocenters. The Morgan fingerprint density at radius 2 is 1.84 bits per heavy atom. The minimum atomic E-state index is -0.432. The summed E-state index contributed by atoms with van der Waals surface area (Å²) < 4.78 is 13.4. The molecule has 1 saturated heterocycles. The zero-order chi connectivity index (χ0) is 27.4. The minimum absolute atomic E-state index is 0.0437. The fourth-order valence-corrected chi connectivity index (χ4v) is 5.27. The van der Waals surface area contributed by atoms with Crippen LogP contribution in [-0.4, -0.2) is 34.1 Å². The van der Waals surface area contributed by atoms with Crippen LogP contribution < -0.4 is 15.1 Å². The monoisotopic (exact) mass is 550 g/mol. The van der Waals surface area contributed by atoms with E-state index in [2.05, 4.69) is 5.32 Å². The highest BCUT2D eigenvalue weighted by molar-refractivity contribution is 8.27. The Bertz CT molecular complexity index is 1460. The van der Waals surface area contributed by atoms with Gasteiger partial charge in [-0.1, -0.05) is 36.1 Å². The van der Waals surface area contributed by atoms with Crippen LogP contribution in [0.2, 0.25) is 0 Å². The molecule has 0 atom stereocenters. The topological polar surface area (TPSA) is 95.8 Å². The molecule has 1 heterocycles. The smallest absolute Gasteiger partial charge is 0.293 e. The number of rotatable bonds is 8. The van der Waals surface area contributed by atoms with Gasteiger partial charge in [-0.3, -0.25) is 24.6 Å². The minimum Gasteiger partial charge on any atom is -0.367 e. The van der Waals surface area contributed by atoms with Crippen molar-refractivity contribution >= 4 is 68.9 Å². The Labute approximate surface area is 228 Å². The molecule has 0 aliphatic carbocycles. The first kappa shape index (κ1) is 27.0. The van der Waals surface area contributed by atoms with Gasteiger partial charge in [-0.2, -0.15) is 0 Å². The van der Waals surface area contributed by atoms with Crippen molar-refractivity contribution in [2.45, 2.75) is 13.8 Å². The van der Waals surface area contributed by atoms with E-state index in [0.717, 1.165) is 11.8 Å². The number of benzene rings is 3. The van der Waals surface area contributed by atoms with Crippen molar-refractivity contribution < 1.29 is 18.9 Å². The number of carbonyl (C=O) groups excluding carboxylic acids is 2. The van der Waals surface area contributed by atoms with Crippen molar-refractivity contribution in [1.29, 1.82) is 0 Å². The maximum atomic E-state index is 13.3. The Hall–Kier alpha value is -4.09.